The first-order chi connectivity index (χ1) is 14.1. The summed E-state index contributed by atoms with van der Waals surface area (Å²) in [4.78, 5) is 30.8. The van der Waals surface area contributed by atoms with Crippen LogP contribution < -0.4 is 10.9 Å². The number of rotatable bonds is 5. The van der Waals surface area contributed by atoms with Crippen LogP contribution in [0.25, 0.3) is 0 Å². The molecule has 0 radical (unpaired) electrons. The minimum Gasteiger partial charge on any atom is -0.350 e. The van der Waals surface area contributed by atoms with Crippen molar-refractivity contribution in [3.8, 4) is 0 Å². The molecule has 2 aromatic rings. The number of carbonyl (C=O) groups is 1. The number of aromatic nitrogens is 1. The predicted octanol–water partition coefficient (Wildman–Crippen LogP) is 3.52. The number of aromatic amines is 1. The molecule has 0 bridgehead atoms. The number of pyridine rings is 1. The van der Waals surface area contributed by atoms with E-state index in [9.17, 15) is 9.59 Å². The molecule has 0 saturated carbocycles. The number of hydrogen-bond donors (Lipinski definition) is 2. The molecule has 1 amide bonds. The summed E-state index contributed by atoms with van der Waals surface area (Å²) in [6.07, 6.45) is 7.62. The van der Waals surface area contributed by atoms with Gasteiger partial charge in [0.25, 0.3) is 11.5 Å². The van der Waals surface area contributed by atoms with E-state index in [4.69, 9.17) is 0 Å². The Balaban J connectivity index is 1.51. The third-order valence-corrected chi connectivity index (χ3v) is 6.33. The number of aryl methyl sites for hydroxylation is 3. The van der Waals surface area contributed by atoms with Gasteiger partial charge in [-0.1, -0.05) is 36.2 Å². The summed E-state index contributed by atoms with van der Waals surface area (Å²) in [6, 6.07) is 10.5. The fraction of sp³-hybridized carbons (Fsp3) is 0.500. The largest absolute Gasteiger partial charge is 0.350 e. The first kappa shape index (κ1) is 19.9. The summed E-state index contributed by atoms with van der Waals surface area (Å²) in [5, 5.41) is 3.05. The normalized spacial score (nSPS) is 18.1. The van der Waals surface area contributed by atoms with Gasteiger partial charge < -0.3 is 10.3 Å². The van der Waals surface area contributed by atoms with Gasteiger partial charge in [0.05, 0.1) is 6.04 Å². The molecule has 1 aromatic carbocycles. The lowest BCUT2D eigenvalue weighted by atomic mass is 10.0. The fourth-order valence-corrected chi connectivity index (χ4v) is 4.60. The molecule has 0 spiro atoms. The first-order valence-electron chi connectivity index (χ1n) is 11.0. The molecule has 5 nitrogen and oxygen atoms in total. The highest BCUT2D eigenvalue weighted by atomic mass is 16.2. The SMILES string of the molecule is Cc1ccc(C(CNC(=O)c2cc3c([nH]c2=O)CCCCC3)N2CCCC2)cc1. The number of H-pyrrole nitrogens is 1. The number of carbonyl (C=O) groups excluding carboxylic acids is 1. The van der Waals surface area contributed by atoms with E-state index in [0.717, 1.165) is 50.0 Å². The summed E-state index contributed by atoms with van der Waals surface area (Å²) in [6.45, 7) is 4.70. The zero-order valence-electron chi connectivity index (χ0n) is 17.3. The van der Waals surface area contributed by atoms with Crippen LogP contribution >= 0.6 is 0 Å². The summed E-state index contributed by atoms with van der Waals surface area (Å²) in [5.41, 5.74) is 4.56. The lowest BCUT2D eigenvalue weighted by Crippen LogP contribution is -2.38. The molecule has 1 saturated heterocycles. The number of benzene rings is 1. The van der Waals surface area contributed by atoms with Gasteiger partial charge in [-0.3, -0.25) is 14.5 Å². The van der Waals surface area contributed by atoms with Crippen molar-refractivity contribution in [1.29, 1.82) is 0 Å². The second-order valence-corrected chi connectivity index (χ2v) is 8.46. The van der Waals surface area contributed by atoms with E-state index in [1.54, 1.807) is 0 Å². The molecule has 154 valence electrons. The summed E-state index contributed by atoms with van der Waals surface area (Å²) >= 11 is 0. The Morgan fingerprint density at radius 1 is 1.07 bits per heavy atom. The Morgan fingerprint density at radius 2 is 1.79 bits per heavy atom. The van der Waals surface area contributed by atoms with Gasteiger partial charge in [0, 0.05) is 12.2 Å². The highest BCUT2D eigenvalue weighted by molar-refractivity contribution is 5.94. The lowest BCUT2D eigenvalue weighted by molar-refractivity contribution is 0.0936. The Kier molecular flexibility index (Phi) is 6.14. The monoisotopic (exact) mass is 393 g/mol. The zero-order valence-corrected chi connectivity index (χ0v) is 17.3. The standard InChI is InChI=1S/C24H31N3O2/c1-17-9-11-18(12-10-17)22(27-13-5-6-14-27)16-25-23(28)20-15-19-7-3-2-4-8-21(19)26-24(20)29/h9-12,15,22H,2-8,13-14,16H2,1H3,(H,25,28)(H,26,29). The average Bonchev–Trinajstić information content (AvgIpc) is 3.15. The van der Waals surface area contributed by atoms with E-state index < -0.39 is 0 Å². The Labute approximate surface area is 172 Å². The highest BCUT2D eigenvalue weighted by Gasteiger charge is 2.25. The second-order valence-electron chi connectivity index (χ2n) is 8.46. The molecule has 5 heteroatoms. The predicted molar refractivity (Wildman–Crippen MR) is 115 cm³/mol. The summed E-state index contributed by atoms with van der Waals surface area (Å²) < 4.78 is 0. The van der Waals surface area contributed by atoms with Gasteiger partial charge >= 0.3 is 0 Å². The molecular formula is C24H31N3O2. The molecule has 1 aromatic heterocycles. The van der Waals surface area contributed by atoms with Gasteiger partial charge in [-0.15, -0.1) is 0 Å². The van der Waals surface area contributed by atoms with Gasteiger partial charge in [-0.05, 0) is 75.7 Å². The zero-order chi connectivity index (χ0) is 20.2. The van der Waals surface area contributed by atoms with Gasteiger partial charge in [-0.25, -0.2) is 0 Å². The maximum Gasteiger partial charge on any atom is 0.261 e. The Hall–Kier alpha value is -2.40. The van der Waals surface area contributed by atoms with E-state index >= 15 is 0 Å². The van der Waals surface area contributed by atoms with Crippen molar-refractivity contribution in [2.75, 3.05) is 19.6 Å². The third kappa shape index (κ3) is 4.61. The molecule has 1 atom stereocenters. The van der Waals surface area contributed by atoms with Crippen LogP contribution in [0.5, 0.6) is 0 Å². The maximum atomic E-state index is 12.9. The van der Waals surface area contributed by atoms with Gasteiger partial charge in [0.1, 0.15) is 5.56 Å². The fourth-order valence-electron chi connectivity index (χ4n) is 4.60. The van der Waals surface area contributed by atoms with Gasteiger partial charge in [0.15, 0.2) is 0 Å². The first-order valence-corrected chi connectivity index (χ1v) is 11.0. The lowest BCUT2D eigenvalue weighted by Gasteiger charge is -2.28. The number of likely N-dealkylation sites (tertiary alicyclic amines) is 1. The summed E-state index contributed by atoms with van der Waals surface area (Å²) in [5.74, 6) is -0.269. The molecule has 1 aliphatic carbocycles. The van der Waals surface area contributed by atoms with Crippen molar-refractivity contribution in [2.24, 2.45) is 0 Å². The third-order valence-electron chi connectivity index (χ3n) is 6.33. The number of nitrogens with zero attached hydrogens (tertiary/aromatic N) is 1. The number of nitrogens with one attached hydrogen (secondary N) is 2. The molecule has 29 heavy (non-hydrogen) atoms. The van der Waals surface area contributed by atoms with Crippen LogP contribution in [0.1, 0.15) is 70.9 Å². The van der Waals surface area contributed by atoms with Crippen molar-refractivity contribution in [3.63, 3.8) is 0 Å². The van der Waals surface area contributed by atoms with Crippen molar-refractivity contribution in [3.05, 3.63) is 68.6 Å². The number of fused-ring (bicyclic) bond motifs is 1. The van der Waals surface area contributed by atoms with E-state index in [0.29, 0.717) is 6.54 Å². The molecule has 2 aliphatic rings. The van der Waals surface area contributed by atoms with Crippen molar-refractivity contribution < 1.29 is 4.79 Å². The van der Waals surface area contributed by atoms with Crippen LogP contribution in [-0.4, -0.2) is 35.4 Å². The Morgan fingerprint density at radius 3 is 2.55 bits per heavy atom. The molecule has 1 aliphatic heterocycles. The van der Waals surface area contributed by atoms with E-state index in [2.05, 4.69) is 46.4 Å². The van der Waals surface area contributed by atoms with E-state index in [-0.39, 0.29) is 23.1 Å². The van der Waals surface area contributed by atoms with Crippen LogP contribution in [-0.2, 0) is 12.8 Å². The number of hydrogen-bond acceptors (Lipinski definition) is 3. The van der Waals surface area contributed by atoms with Crippen molar-refractivity contribution >= 4 is 5.91 Å². The van der Waals surface area contributed by atoms with Gasteiger partial charge in [-0.2, -0.15) is 0 Å². The van der Waals surface area contributed by atoms with Crippen molar-refractivity contribution in [1.82, 2.24) is 15.2 Å². The molecule has 4 rings (SSSR count). The average molecular weight is 394 g/mol. The van der Waals surface area contributed by atoms with Crippen LogP contribution in [0.3, 0.4) is 0 Å². The van der Waals surface area contributed by atoms with Gasteiger partial charge in [0.2, 0.25) is 0 Å². The van der Waals surface area contributed by atoms with Crippen molar-refractivity contribution in [2.45, 2.75) is 57.9 Å². The van der Waals surface area contributed by atoms with E-state index in [1.165, 1.54) is 30.4 Å². The topological polar surface area (TPSA) is 65.2 Å². The van der Waals surface area contributed by atoms with Crippen LogP contribution in [0.15, 0.2) is 35.1 Å². The molecule has 2 N–H and O–H groups in total. The second kappa shape index (κ2) is 8.95. The van der Waals surface area contributed by atoms with Crippen LogP contribution in [0.4, 0.5) is 0 Å². The quantitative estimate of drug-likeness (QED) is 0.764. The molecular weight excluding hydrogens is 362 g/mol. The molecule has 1 unspecified atom stereocenters. The summed E-state index contributed by atoms with van der Waals surface area (Å²) in [7, 11) is 0. The van der Waals surface area contributed by atoms with Crippen LogP contribution in [0, 0.1) is 6.92 Å². The smallest absolute Gasteiger partial charge is 0.261 e. The molecule has 1 fully saturated rings. The minimum absolute atomic E-state index is 0.141. The maximum absolute atomic E-state index is 12.9. The van der Waals surface area contributed by atoms with E-state index in [1.807, 2.05) is 6.07 Å². The number of amides is 1. The Bertz CT molecular complexity index is 911. The highest BCUT2D eigenvalue weighted by Crippen LogP contribution is 2.25. The van der Waals surface area contributed by atoms with Crippen LogP contribution in [0.2, 0.25) is 0 Å². The minimum atomic E-state index is -0.269. The molecule has 2 heterocycles.